The Morgan fingerprint density at radius 3 is 2.84 bits per heavy atom. The van der Waals surface area contributed by atoms with Crippen LogP contribution in [0.2, 0.25) is 0 Å². The van der Waals surface area contributed by atoms with Crippen molar-refractivity contribution in [3.05, 3.63) is 40.7 Å². The van der Waals surface area contributed by atoms with Crippen molar-refractivity contribution in [3.8, 4) is 6.07 Å². The molecule has 5 heterocycles. The summed E-state index contributed by atoms with van der Waals surface area (Å²) in [7, 11) is 3.50. The molecule has 1 saturated heterocycles. The van der Waals surface area contributed by atoms with E-state index in [1.54, 1.807) is 23.0 Å². The minimum atomic E-state index is -0.402. The third-order valence-electron chi connectivity index (χ3n) is 7.37. The van der Waals surface area contributed by atoms with E-state index in [4.69, 9.17) is 4.74 Å². The van der Waals surface area contributed by atoms with Crippen molar-refractivity contribution in [2.75, 3.05) is 62.5 Å². The molecule has 1 aliphatic carbocycles. The van der Waals surface area contributed by atoms with Gasteiger partial charge in [-0.1, -0.05) is 0 Å². The number of carbonyl (C=O) groups is 3. The molecular formula is C26H30N8O4. The Hall–Kier alpha value is -4.08. The molecule has 12 heteroatoms. The molecule has 198 valence electrons. The SMILES string of the molecule is COCCNc1cc(NC(=O)N2c3nc(C=O)c(CN4CCN(C)CC4=O)cc3C3CC2C3)ncc1C#N. The Labute approximate surface area is 220 Å². The highest BCUT2D eigenvalue weighted by Crippen LogP contribution is 2.50. The fourth-order valence-corrected chi connectivity index (χ4v) is 5.20. The Morgan fingerprint density at radius 2 is 2.13 bits per heavy atom. The monoisotopic (exact) mass is 518 g/mol. The van der Waals surface area contributed by atoms with Crippen LogP contribution in [0.15, 0.2) is 18.3 Å². The summed E-state index contributed by atoms with van der Waals surface area (Å²) in [6.45, 7) is 2.97. The van der Waals surface area contributed by atoms with Gasteiger partial charge in [-0.05, 0) is 37.4 Å². The molecule has 12 nitrogen and oxygen atoms in total. The quantitative estimate of drug-likeness (QED) is 0.395. The number of aromatic nitrogens is 2. The van der Waals surface area contributed by atoms with E-state index in [9.17, 15) is 19.6 Å². The van der Waals surface area contributed by atoms with Gasteiger partial charge in [-0.25, -0.2) is 14.8 Å². The van der Waals surface area contributed by atoms with Crippen molar-refractivity contribution < 1.29 is 19.1 Å². The van der Waals surface area contributed by atoms with Gasteiger partial charge >= 0.3 is 6.03 Å². The fourth-order valence-electron chi connectivity index (χ4n) is 5.20. The third-order valence-corrected chi connectivity index (χ3v) is 7.37. The van der Waals surface area contributed by atoms with Gasteiger partial charge in [0.2, 0.25) is 5.91 Å². The zero-order chi connectivity index (χ0) is 26.8. The lowest BCUT2D eigenvalue weighted by Crippen LogP contribution is -2.54. The van der Waals surface area contributed by atoms with Gasteiger partial charge in [-0.15, -0.1) is 0 Å². The van der Waals surface area contributed by atoms with Crippen LogP contribution in [0.25, 0.3) is 0 Å². The highest BCUT2D eigenvalue weighted by molar-refractivity contribution is 6.03. The molecule has 0 spiro atoms. The second kappa shape index (κ2) is 10.7. The van der Waals surface area contributed by atoms with Crippen molar-refractivity contribution >= 4 is 35.5 Å². The van der Waals surface area contributed by atoms with Crippen molar-refractivity contribution in [3.63, 3.8) is 0 Å². The van der Waals surface area contributed by atoms with E-state index in [1.807, 2.05) is 18.0 Å². The van der Waals surface area contributed by atoms with Gasteiger partial charge in [-0.3, -0.25) is 24.7 Å². The largest absolute Gasteiger partial charge is 0.383 e. The van der Waals surface area contributed by atoms with E-state index in [1.165, 1.54) is 6.20 Å². The maximum atomic E-state index is 13.5. The van der Waals surface area contributed by atoms with Gasteiger partial charge in [0.15, 0.2) is 6.29 Å². The number of urea groups is 1. The Morgan fingerprint density at radius 1 is 1.32 bits per heavy atom. The number of nitrogens with one attached hydrogen (secondary N) is 2. The van der Waals surface area contributed by atoms with Crippen LogP contribution in [0.3, 0.4) is 0 Å². The standard InChI is InChI=1S/C26H30N8O4/c1-32-4-5-33(24(36)14-32)13-17-9-20-16-7-19(8-16)34(25(20)30-22(17)15-35)26(37)31-23-10-21(28-3-6-38-2)18(11-27)12-29-23/h9-10,12,15-16,19H,3-8,13-14H2,1-2H3,(H2,28,29,31,37). The number of anilines is 3. The van der Waals surface area contributed by atoms with Gasteiger partial charge in [-0.2, -0.15) is 5.26 Å². The lowest BCUT2D eigenvalue weighted by molar-refractivity contribution is -0.136. The predicted molar refractivity (Wildman–Crippen MR) is 139 cm³/mol. The summed E-state index contributed by atoms with van der Waals surface area (Å²) in [4.78, 5) is 52.1. The molecular weight excluding hydrogens is 488 g/mol. The van der Waals surface area contributed by atoms with E-state index in [0.29, 0.717) is 61.7 Å². The first-order chi connectivity index (χ1) is 18.4. The molecule has 6 rings (SSSR count). The number of pyridine rings is 2. The fraction of sp³-hybridized carbons (Fsp3) is 0.462. The minimum Gasteiger partial charge on any atom is -0.383 e. The van der Waals surface area contributed by atoms with Crippen molar-refractivity contribution in [2.24, 2.45) is 0 Å². The molecule has 2 aromatic rings. The minimum absolute atomic E-state index is 0.0176. The second-order valence-corrected chi connectivity index (χ2v) is 9.89. The molecule has 0 unspecified atom stereocenters. The lowest BCUT2D eigenvalue weighted by atomic mass is 9.71. The predicted octanol–water partition coefficient (Wildman–Crippen LogP) is 1.79. The second-order valence-electron chi connectivity index (χ2n) is 9.89. The number of carbonyl (C=O) groups excluding carboxylic acids is 3. The maximum absolute atomic E-state index is 13.5. The van der Waals surface area contributed by atoms with E-state index >= 15 is 0 Å². The first kappa shape index (κ1) is 25.6. The summed E-state index contributed by atoms with van der Waals surface area (Å²) < 4.78 is 5.05. The topological polar surface area (TPSA) is 144 Å². The number of nitrogens with zero attached hydrogens (tertiary/aromatic N) is 6. The summed E-state index contributed by atoms with van der Waals surface area (Å²) in [6.07, 6.45) is 3.70. The van der Waals surface area contributed by atoms with E-state index in [2.05, 4.69) is 26.7 Å². The zero-order valence-electron chi connectivity index (χ0n) is 21.4. The number of hydrogen-bond donors (Lipinski definition) is 2. The van der Waals surface area contributed by atoms with E-state index in [-0.39, 0.29) is 29.4 Å². The highest BCUT2D eigenvalue weighted by atomic mass is 16.5. The van der Waals surface area contributed by atoms with Crippen LogP contribution in [0.5, 0.6) is 0 Å². The molecule has 2 aromatic heterocycles. The van der Waals surface area contributed by atoms with Crippen LogP contribution in [-0.4, -0.2) is 91.0 Å². The summed E-state index contributed by atoms with van der Waals surface area (Å²) in [5, 5.41) is 15.3. The summed E-state index contributed by atoms with van der Waals surface area (Å²) in [5.41, 5.74) is 2.74. The number of aldehydes is 1. The summed E-state index contributed by atoms with van der Waals surface area (Å²) in [6, 6.07) is 5.21. The van der Waals surface area contributed by atoms with Gasteiger partial charge in [0, 0.05) is 57.2 Å². The maximum Gasteiger partial charge on any atom is 0.328 e. The normalized spacial score (nSPS) is 20.3. The number of nitriles is 1. The Balaban J connectivity index is 1.38. The first-order valence-corrected chi connectivity index (χ1v) is 12.6. The number of piperazine rings is 1. The van der Waals surface area contributed by atoms with Crippen LogP contribution in [0.1, 0.15) is 45.9 Å². The number of ether oxygens (including phenoxy) is 1. The zero-order valence-corrected chi connectivity index (χ0v) is 21.4. The van der Waals surface area contributed by atoms with Crippen LogP contribution >= 0.6 is 0 Å². The number of rotatable bonds is 8. The molecule has 2 N–H and O–H groups in total. The highest BCUT2D eigenvalue weighted by Gasteiger charge is 2.46. The van der Waals surface area contributed by atoms with Crippen LogP contribution in [0.4, 0.5) is 22.1 Å². The van der Waals surface area contributed by atoms with Crippen molar-refractivity contribution in [2.45, 2.75) is 31.3 Å². The van der Waals surface area contributed by atoms with Crippen molar-refractivity contribution in [1.29, 1.82) is 5.26 Å². The molecule has 3 amide bonds. The van der Waals surface area contributed by atoms with E-state index < -0.39 is 6.03 Å². The average Bonchev–Trinajstić information content (AvgIpc) is 2.88. The molecule has 38 heavy (non-hydrogen) atoms. The van der Waals surface area contributed by atoms with Crippen LogP contribution in [0, 0.1) is 11.3 Å². The van der Waals surface area contributed by atoms with Gasteiger partial charge in [0.05, 0.1) is 24.4 Å². The van der Waals surface area contributed by atoms with Crippen molar-refractivity contribution in [1.82, 2.24) is 19.8 Å². The smallest absolute Gasteiger partial charge is 0.328 e. The molecule has 0 radical (unpaired) electrons. The van der Waals surface area contributed by atoms with Crippen LogP contribution < -0.4 is 15.5 Å². The van der Waals surface area contributed by atoms with Crippen LogP contribution in [-0.2, 0) is 16.1 Å². The average molecular weight is 519 g/mol. The molecule has 0 atom stereocenters. The number of hydrogen-bond acceptors (Lipinski definition) is 9. The lowest BCUT2D eigenvalue weighted by Gasteiger charge is -2.49. The number of likely N-dealkylation sites (N-methyl/N-ethyl adjacent to an activating group) is 1. The molecule has 3 aliphatic heterocycles. The molecule has 0 aromatic carbocycles. The van der Waals surface area contributed by atoms with Gasteiger partial charge in [0.25, 0.3) is 0 Å². The molecule has 4 aliphatic rings. The van der Waals surface area contributed by atoms with Gasteiger partial charge in [0.1, 0.15) is 23.4 Å². The summed E-state index contributed by atoms with van der Waals surface area (Å²) >= 11 is 0. The number of methoxy groups -OCH3 is 1. The Kier molecular flexibility index (Phi) is 7.22. The summed E-state index contributed by atoms with van der Waals surface area (Å²) in [5.74, 6) is 1.04. The molecule has 2 bridgehead atoms. The third kappa shape index (κ3) is 4.90. The molecule has 1 saturated carbocycles. The number of amides is 3. The molecule has 2 fully saturated rings. The van der Waals surface area contributed by atoms with Gasteiger partial charge < -0.3 is 15.0 Å². The Bertz CT molecular complexity index is 1300. The first-order valence-electron chi connectivity index (χ1n) is 12.6. The van der Waals surface area contributed by atoms with E-state index in [0.717, 1.165) is 24.9 Å².